The van der Waals surface area contributed by atoms with Crippen molar-refractivity contribution < 1.29 is 0 Å². The van der Waals surface area contributed by atoms with Gasteiger partial charge in [-0.05, 0) is 62.4 Å². The third-order valence-corrected chi connectivity index (χ3v) is 6.38. The predicted molar refractivity (Wildman–Crippen MR) is 136 cm³/mol. The molecule has 7 heteroatoms. The first-order chi connectivity index (χ1) is 14.1. The molecule has 1 saturated heterocycles. The van der Waals surface area contributed by atoms with Gasteiger partial charge in [-0.25, -0.2) is 4.98 Å². The van der Waals surface area contributed by atoms with Crippen LogP contribution in [0.15, 0.2) is 47.5 Å². The van der Waals surface area contributed by atoms with Gasteiger partial charge < -0.3 is 15.5 Å². The van der Waals surface area contributed by atoms with Crippen LogP contribution in [0.1, 0.15) is 36.9 Å². The summed E-state index contributed by atoms with van der Waals surface area (Å²) < 4.78 is 0. The monoisotopic (exact) mass is 539 g/mol. The summed E-state index contributed by atoms with van der Waals surface area (Å²) in [6.45, 7) is 4.96. The van der Waals surface area contributed by atoms with Gasteiger partial charge >= 0.3 is 0 Å². The van der Waals surface area contributed by atoms with Crippen LogP contribution in [-0.2, 0) is 5.41 Å². The quantitative estimate of drug-likeness (QED) is 0.333. The maximum atomic E-state index is 6.20. The lowest BCUT2D eigenvalue weighted by Crippen LogP contribution is -2.50. The second-order valence-electron chi connectivity index (χ2n) is 8.26. The van der Waals surface area contributed by atoms with Crippen LogP contribution in [0.2, 0.25) is 5.02 Å². The van der Waals surface area contributed by atoms with Crippen molar-refractivity contribution in [2.24, 2.45) is 4.99 Å². The predicted octanol–water partition coefficient (Wildman–Crippen LogP) is 4.53. The van der Waals surface area contributed by atoms with E-state index in [9.17, 15) is 0 Å². The summed E-state index contributed by atoms with van der Waals surface area (Å²) in [5, 5.41) is 7.99. The number of halogens is 2. The molecule has 0 bridgehead atoms. The minimum Gasteiger partial charge on any atom is -0.356 e. The van der Waals surface area contributed by atoms with Gasteiger partial charge in [0.25, 0.3) is 0 Å². The lowest BCUT2D eigenvalue weighted by Gasteiger charge is -2.34. The lowest BCUT2D eigenvalue weighted by molar-refractivity contribution is 0.458. The van der Waals surface area contributed by atoms with Gasteiger partial charge in [-0.2, -0.15) is 0 Å². The second-order valence-corrected chi connectivity index (χ2v) is 8.70. The Hall–Kier alpha value is -1.54. The average molecular weight is 540 g/mol. The summed E-state index contributed by atoms with van der Waals surface area (Å²) in [5.41, 5.74) is 2.59. The fourth-order valence-electron chi connectivity index (χ4n) is 4.14. The lowest BCUT2D eigenvalue weighted by atomic mass is 9.96. The Bertz CT molecular complexity index is 875. The van der Waals surface area contributed by atoms with Gasteiger partial charge in [0, 0.05) is 48.9 Å². The Morgan fingerprint density at radius 1 is 1.20 bits per heavy atom. The van der Waals surface area contributed by atoms with Crippen LogP contribution in [0, 0.1) is 6.92 Å². The van der Waals surface area contributed by atoms with E-state index in [0.29, 0.717) is 6.04 Å². The molecule has 2 heterocycles. The number of benzene rings is 1. The number of hydrogen-bond acceptors (Lipinski definition) is 3. The number of rotatable bonds is 5. The van der Waals surface area contributed by atoms with E-state index < -0.39 is 0 Å². The van der Waals surface area contributed by atoms with Gasteiger partial charge in [0.2, 0.25) is 0 Å². The Balaban J connectivity index is 0.00000256. The van der Waals surface area contributed by atoms with E-state index in [-0.39, 0.29) is 29.4 Å². The molecule has 0 radical (unpaired) electrons. The smallest absolute Gasteiger partial charge is 0.191 e. The number of hydrogen-bond donors (Lipinski definition) is 2. The summed E-state index contributed by atoms with van der Waals surface area (Å²) in [6, 6.07) is 14.9. The first-order valence-corrected chi connectivity index (χ1v) is 10.9. The molecule has 1 aliphatic heterocycles. The molecule has 4 rings (SSSR count). The Kier molecular flexibility index (Phi) is 7.85. The minimum atomic E-state index is 0. The largest absolute Gasteiger partial charge is 0.356 e. The van der Waals surface area contributed by atoms with Crippen LogP contribution in [-0.4, -0.2) is 43.7 Å². The molecule has 1 aliphatic carbocycles. The van der Waals surface area contributed by atoms with Crippen molar-refractivity contribution in [1.82, 2.24) is 15.6 Å². The number of aliphatic imine (C=N–C) groups is 1. The van der Waals surface area contributed by atoms with Crippen LogP contribution in [0.4, 0.5) is 5.82 Å². The van der Waals surface area contributed by atoms with E-state index in [1.165, 1.54) is 18.4 Å². The topological polar surface area (TPSA) is 52.6 Å². The number of aryl methyl sites for hydroxylation is 1. The molecule has 0 amide bonds. The minimum absolute atomic E-state index is 0. The second kappa shape index (κ2) is 10.2. The van der Waals surface area contributed by atoms with Crippen molar-refractivity contribution in [2.75, 3.05) is 31.6 Å². The highest BCUT2D eigenvalue weighted by Crippen LogP contribution is 2.48. The fourth-order valence-corrected chi connectivity index (χ4v) is 4.33. The van der Waals surface area contributed by atoms with E-state index in [1.807, 2.05) is 32.2 Å². The van der Waals surface area contributed by atoms with E-state index in [4.69, 9.17) is 11.6 Å². The highest BCUT2D eigenvalue weighted by Gasteiger charge is 2.44. The van der Waals surface area contributed by atoms with Crippen molar-refractivity contribution in [3.05, 3.63) is 58.7 Å². The van der Waals surface area contributed by atoms with Gasteiger partial charge in [0.1, 0.15) is 5.82 Å². The van der Waals surface area contributed by atoms with Crippen molar-refractivity contribution in [1.29, 1.82) is 0 Å². The van der Waals surface area contributed by atoms with Crippen LogP contribution in [0.5, 0.6) is 0 Å². The molecule has 0 atom stereocenters. The van der Waals surface area contributed by atoms with E-state index in [1.54, 1.807) is 0 Å². The van der Waals surface area contributed by atoms with Gasteiger partial charge in [0.05, 0.1) is 0 Å². The molecular weight excluding hydrogens is 509 g/mol. The van der Waals surface area contributed by atoms with E-state index in [0.717, 1.165) is 55.0 Å². The Morgan fingerprint density at radius 3 is 2.57 bits per heavy atom. The summed E-state index contributed by atoms with van der Waals surface area (Å²) in [6.07, 6.45) is 4.55. The number of guanidine groups is 1. The normalized spacial score (nSPS) is 18.5. The third-order valence-electron chi connectivity index (χ3n) is 6.14. The maximum Gasteiger partial charge on any atom is 0.191 e. The molecule has 0 spiro atoms. The van der Waals surface area contributed by atoms with Gasteiger partial charge in [-0.3, -0.25) is 4.99 Å². The van der Waals surface area contributed by atoms with Crippen molar-refractivity contribution in [3.8, 4) is 0 Å². The van der Waals surface area contributed by atoms with E-state index >= 15 is 0 Å². The molecule has 2 N–H and O–H groups in total. The molecule has 1 saturated carbocycles. The molecule has 5 nitrogen and oxygen atoms in total. The fraction of sp³-hybridized carbons (Fsp3) is 0.478. The molecular formula is C23H31ClIN5. The van der Waals surface area contributed by atoms with Gasteiger partial charge in [-0.15, -0.1) is 24.0 Å². The van der Waals surface area contributed by atoms with Crippen molar-refractivity contribution in [2.45, 2.75) is 44.1 Å². The van der Waals surface area contributed by atoms with Crippen LogP contribution in [0.3, 0.4) is 0 Å². The summed E-state index contributed by atoms with van der Waals surface area (Å²) in [7, 11) is 1.85. The zero-order chi connectivity index (χ0) is 20.3. The van der Waals surface area contributed by atoms with Crippen LogP contribution >= 0.6 is 35.6 Å². The molecule has 1 aromatic heterocycles. The van der Waals surface area contributed by atoms with Crippen molar-refractivity contribution >= 4 is 47.4 Å². The van der Waals surface area contributed by atoms with Gasteiger partial charge in [-0.1, -0.05) is 29.8 Å². The number of nitrogens with one attached hydrogen (secondary N) is 2. The average Bonchev–Trinajstić information content (AvgIpc) is 3.53. The molecule has 2 aliphatic rings. The summed E-state index contributed by atoms with van der Waals surface area (Å²) in [4.78, 5) is 11.5. The molecule has 0 unspecified atom stereocenters. The third kappa shape index (κ3) is 5.58. The van der Waals surface area contributed by atoms with E-state index in [2.05, 4.69) is 49.8 Å². The van der Waals surface area contributed by atoms with Crippen LogP contribution < -0.4 is 15.5 Å². The maximum absolute atomic E-state index is 6.20. The first kappa shape index (κ1) is 23.1. The highest BCUT2D eigenvalue weighted by molar-refractivity contribution is 14.0. The molecule has 2 fully saturated rings. The molecule has 162 valence electrons. The zero-order valence-corrected chi connectivity index (χ0v) is 20.8. The first-order valence-electron chi connectivity index (χ1n) is 10.5. The number of pyridine rings is 1. The number of anilines is 1. The van der Waals surface area contributed by atoms with Gasteiger partial charge in [0.15, 0.2) is 5.96 Å². The Morgan fingerprint density at radius 2 is 1.93 bits per heavy atom. The van der Waals surface area contributed by atoms with Crippen molar-refractivity contribution in [3.63, 3.8) is 0 Å². The summed E-state index contributed by atoms with van der Waals surface area (Å²) >= 11 is 6.20. The number of aromatic nitrogens is 1. The molecule has 2 aromatic rings. The SMILES string of the molecule is CN=C(NCC1(c2cccc(Cl)c2)CC1)NC1CCN(c2cccc(C)n2)CC1.I. The zero-order valence-electron chi connectivity index (χ0n) is 17.7. The van der Waals surface area contributed by atoms with Crippen LogP contribution in [0.25, 0.3) is 0 Å². The number of nitrogens with zero attached hydrogens (tertiary/aromatic N) is 3. The highest BCUT2D eigenvalue weighted by atomic mass is 127. The molecule has 30 heavy (non-hydrogen) atoms. The molecule has 1 aromatic carbocycles. The Labute approximate surface area is 201 Å². The summed E-state index contributed by atoms with van der Waals surface area (Å²) in [5.74, 6) is 1.98. The standard InChI is InChI=1S/C23H30ClN5.HI/c1-17-5-3-8-21(27-17)29-13-9-20(10-14-29)28-22(25-2)26-16-23(11-12-23)18-6-4-7-19(24)15-18;/h3-8,15,20H,9-14,16H2,1-2H3,(H2,25,26,28);1H. The number of piperidine rings is 1.